The Morgan fingerprint density at radius 3 is 2.87 bits per heavy atom. The highest BCUT2D eigenvalue weighted by Crippen LogP contribution is 2.23. The molecule has 1 rings (SSSR count). The van der Waals surface area contributed by atoms with Crippen LogP contribution in [0.4, 0.5) is 0 Å². The van der Waals surface area contributed by atoms with Gasteiger partial charge in [-0.25, -0.2) is 0 Å². The van der Waals surface area contributed by atoms with Crippen LogP contribution >= 0.6 is 11.5 Å². The van der Waals surface area contributed by atoms with Crippen LogP contribution in [0.25, 0.3) is 0 Å². The van der Waals surface area contributed by atoms with E-state index >= 15 is 0 Å². The van der Waals surface area contributed by atoms with Gasteiger partial charge in [0.1, 0.15) is 0 Å². The van der Waals surface area contributed by atoms with Gasteiger partial charge < -0.3 is 5.32 Å². The van der Waals surface area contributed by atoms with Gasteiger partial charge in [-0.15, -0.1) is 16.9 Å². The topological polar surface area (TPSA) is 37.8 Å². The van der Waals surface area contributed by atoms with Crippen LogP contribution in [0.5, 0.6) is 0 Å². The molecule has 0 aliphatic rings. The van der Waals surface area contributed by atoms with Crippen molar-refractivity contribution in [1.82, 2.24) is 14.9 Å². The lowest BCUT2D eigenvalue weighted by Crippen LogP contribution is -2.20. The maximum Gasteiger partial charge on any atom is 0.0772 e. The first kappa shape index (κ1) is 12.2. The van der Waals surface area contributed by atoms with Gasteiger partial charge in [-0.1, -0.05) is 11.4 Å². The monoisotopic (exact) mass is 223 g/mol. The summed E-state index contributed by atoms with van der Waals surface area (Å²) < 4.78 is 3.97. The molecule has 0 aromatic carbocycles. The van der Waals surface area contributed by atoms with Gasteiger partial charge in [0.25, 0.3) is 0 Å². The van der Waals surface area contributed by atoms with Crippen LogP contribution in [-0.2, 0) is 0 Å². The Morgan fingerprint density at radius 1 is 1.53 bits per heavy atom. The van der Waals surface area contributed by atoms with Crippen LogP contribution in [0.1, 0.15) is 43.3 Å². The molecule has 0 saturated carbocycles. The average molecular weight is 223 g/mol. The van der Waals surface area contributed by atoms with Gasteiger partial charge in [-0.3, -0.25) is 0 Å². The lowest BCUT2D eigenvalue weighted by molar-refractivity contribution is 0.527. The number of rotatable bonds is 5. The Hall–Kier alpha value is -0.920. The molecule has 0 saturated heterocycles. The van der Waals surface area contributed by atoms with Crippen LogP contribution in [0, 0.1) is 18.8 Å². The second-order valence-corrected chi connectivity index (χ2v) is 4.08. The SMILES string of the molecule is CC#CCCC(NCC)c1snnc1C. The van der Waals surface area contributed by atoms with Gasteiger partial charge in [0, 0.05) is 12.5 Å². The van der Waals surface area contributed by atoms with E-state index in [-0.39, 0.29) is 0 Å². The third-order valence-corrected chi connectivity index (χ3v) is 3.13. The van der Waals surface area contributed by atoms with Crippen molar-refractivity contribution in [2.45, 2.75) is 39.7 Å². The predicted octanol–water partition coefficient (Wildman–Crippen LogP) is 2.30. The maximum absolute atomic E-state index is 4.04. The van der Waals surface area contributed by atoms with Gasteiger partial charge >= 0.3 is 0 Å². The average Bonchev–Trinajstić information content (AvgIpc) is 2.64. The van der Waals surface area contributed by atoms with Crippen molar-refractivity contribution < 1.29 is 0 Å². The molecule has 15 heavy (non-hydrogen) atoms. The van der Waals surface area contributed by atoms with E-state index in [2.05, 4.69) is 33.7 Å². The summed E-state index contributed by atoms with van der Waals surface area (Å²) in [5.74, 6) is 6.01. The number of hydrogen-bond donors (Lipinski definition) is 1. The number of aromatic nitrogens is 2. The number of nitrogens with one attached hydrogen (secondary N) is 1. The van der Waals surface area contributed by atoms with Crippen molar-refractivity contribution >= 4 is 11.5 Å². The Bertz CT molecular complexity index is 348. The van der Waals surface area contributed by atoms with Crippen molar-refractivity contribution in [3.63, 3.8) is 0 Å². The first-order chi connectivity index (χ1) is 7.29. The summed E-state index contributed by atoms with van der Waals surface area (Å²) in [4.78, 5) is 1.25. The fourth-order valence-electron chi connectivity index (χ4n) is 1.47. The molecule has 1 aromatic rings. The minimum Gasteiger partial charge on any atom is -0.309 e. The third kappa shape index (κ3) is 3.61. The summed E-state index contributed by atoms with van der Waals surface area (Å²) in [6, 6.07) is 0.357. The quantitative estimate of drug-likeness (QED) is 0.778. The van der Waals surface area contributed by atoms with E-state index in [0.717, 1.165) is 25.1 Å². The minimum absolute atomic E-state index is 0.357. The number of aryl methyl sites for hydroxylation is 1. The first-order valence-corrected chi connectivity index (χ1v) is 5.98. The van der Waals surface area contributed by atoms with Crippen LogP contribution < -0.4 is 5.32 Å². The van der Waals surface area contributed by atoms with Crippen molar-refractivity contribution in [2.24, 2.45) is 0 Å². The smallest absolute Gasteiger partial charge is 0.0772 e. The fraction of sp³-hybridized carbons (Fsp3) is 0.636. The molecule has 82 valence electrons. The summed E-state index contributed by atoms with van der Waals surface area (Å²) >= 11 is 1.48. The minimum atomic E-state index is 0.357. The van der Waals surface area contributed by atoms with Gasteiger partial charge in [-0.05, 0) is 38.3 Å². The first-order valence-electron chi connectivity index (χ1n) is 5.21. The van der Waals surface area contributed by atoms with Crippen LogP contribution in [0.15, 0.2) is 0 Å². The van der Waals surface area contributed by atoms with E-state index in [1.807, 2.05) is 13.8 Å². The molecule has 0 aliphatic carbocycles. The Kier molecular flexibility index (Phi) is 5.30. The standard InChI is InChI=1S/C11H17N3S/c1-4-6-7-8-10(12-5-2)11-9(3)13-14-15-11/h10,12H,5,7-8H2,1-3H3. The van der Waals surface area contributed by atoms with E-state index in [1.165, 1.54) is 16.4 Å². The summed E-state index contributed by atoms with van der Waals surface area (Å²) in [5.41, 5.74) is 1.04. The molecule has 1 aromatic heterocycles. The molecule has 0 bridgehead atoms. The molecule has 4 heteroatoms. The van der Waals surface area contributed by atoms with Crippen molar-refractivity contribution in [2.75, 3.05) is 6.54 Å². The Morgan fingerprint density at radius 2 is 2.33 bits per heavy atom. The second kappa shape index (κ2) is 6.54. The number of hydrogen-bond acceptors (Lipinski definition) is 4. The molecule has 1 heterocycles. The normalized spacial score (nSPS) is 11.9. The van der Waals surface area contributed by atoms with Gasteiger partial charge in [0.15, 0.2) is 0 Å². The van der Waals surface area contributed by atoms with E-state index in [9.17, 15) is 0 Å². The summed E-state index contributed by atoms with van der Waals surface area (Å²) in [6.45, 7) is 6.96. The van der Waals surface area contributed by atoms with Crippen molar-refractivity contribution in [1.29, 1.82) is 0 Å². The van der Waals surface area contributed by atoms with Crippen LogP contribution in [-0.4, -0.2) is 16.1 Å². The van der Waals surface area contributed by atoms with Gasteiger partial charge in [0.2, 0.25) is 0 Å². The van der Waals surface area contributed by atoms with Crippen molar-refractivity contribution in [3.8, 4) is 11.8 Å². The zero-order valence-electron chi connectivity index (χ0n) is 9.50. The molecule has 0 spiro atoms. The summed E-state index contributed by atoms with van der Waals surface area (Å²) in [7, 11) is 0. The summed E-state index contributed by atoms with van der Waals surface area (Å²) in [5, 5.41) is 7.49. The zero-order valence-corrected chi connectivity index (χ0v) is 10.3. The maximum atomic E-state index is 4.04. The Labute approximate surface area is 95.5 Å². The molecular formula is C11H17N3S. The molecular weight excluding hydrogens is 206 g/mol. The van der Waals surface area contributed by atoms with Crippen LogP contribution in [0.3, 0.4) is 0 Å². The third-order valence-electron chi connectivity index (χ3n) is 2.19. The molecule has 0 amide bonds. The highest BCUT2D eigenvalue weighted by Gasteiger charge is 2.15. The highest BCUT2D eigenvalue weighted by molar-refractivity contribution is 7.05. The van der Waals surface area contributed by atoms with Gasteiger partial charge in [0.05, 0.1) is 10.6 Å². The highest BCUT2D eigenvalue weighted by atomic mass is 32.1. The van der Waals surface area contributed by atoms with E-state index in [4.69, 9.17) is 0 Å². The second-order valence-electron chi connectivity index (χ2n) is 3.30. The molecule has 0 aliphatic heterocycles. The zero-order chi connectivity index (χ0) is 11.1. The lowest BCUT2D eigenvalue weighted by Gasteiger charge is -2.14. The van der Waals surface area contributed by atoms with E-state index < -0.39 is 0 Å². The molecule has 0 fully saturated rings. The largest absolute Gasteiger partial charge is 0.309 e. The molecule has 3 nitrogen and oxygen atoms in total. The van der Waals surface area contributed by atoms with Crippen molar-refractivity contribution in [3.05, 3.63) is 10.6 Å². The molecule has 1 N–H and O–H groups in total. The molecule has 1 atom stereocenters. The molecule has 1 unspecified atom stereocenters. The van der Waals surface area contributed by atoms with E-state index in [1.54, 1.807) is 0 Å². The predicted molar refractivity (Wildman–Crippen MR) is 63.7 cm³/mol. The fourth-order valence-corrected chi connectivity index (χ4v) is 2.22. The van der Waals surface area contributed by atoms with Gasteiger partial charge in [-0.2, -0.15) is 0 Å². The molecule has 0 radical (unpaired) electrons. The van der Waals surface area contributed by atoms with E-state index in [0.29, 0.717) is 6.04 Å². The Balaban J connectivity index is 2.64. The summed E-state index contributed by atoms with van der Waals surface area (Å²) in [6.07, 6.45) is 1.95. The lowest BCUT2D eigenvalue weighted by atomic mass is 10.1. The van der Waals surface area contributed by atoms with Crippen LogP contribution in [0.2, 0.25) is 0 Å². The number of nitrogens with zero attached hydrogens (tertiary/aromatic N) is 2.